The maximum Gasteiger partial charge on any atom is 0.0948 e. The van der Waals surface area contributed by atoms with E-state index >= 15 is 0 Å². The third-order valence-electron chi connectivity index (χ3n) is 19.9. The first kappa shape index (κ1) is 40.8. The lowest BCUT2D eigenvalue weighted by atomic mass is 9.74. The summed E-state index contributed by atoms with van der Waals surface area (Å²) in [6.07, 6.45) is 0.412. The third kappa shape index (κ3) is 11.1. The normalized spacial score (nSPS) is 16.5. The molecule has 0 bridgehead atoms. The van der Waals surface area contributed by atoms with E-state index in [2.05, 4.69) is 53.7 Å². The van der Waals surface area contributed by atoms with E-state index in [1.165, 1.54) is 9.80 Å². The van der Waals surface area contributed by atoms with Gasteiger partial charge in [-0.15, -0.1) is 0 Å². The van der Waals surface area contributed by atoms with Crippen molar-refractivity contribution in [3.05, 3.63) is 390 Å². The number of benzene rings is 15. The Morgan fingerprint density at radius 3 is 0.981 bits per heavy atom. The van der Waals surface area contributed by atoms with Crippen LogP contribution >= 0.6 is 0 Å². The molecule has 0 fully saturated rings. The molecule has 3 nitrogen and oxygen atoms in total. The van der Waals surface area contributed by atoms with Gasteiger partial charge >= 0.3 is 0 Å². The Morgan fingerprint density at radius 1 is 0.262 bits per heavy atom. The van der Waals surface area contributed by atoms with Gasteiger partial charge in [-0.05, 0) is 159 Å². The molecule has 18 rings (SSSR count). The Hall–Kier alpha value is -12.3. The van der Waals surface area contributed by atoms with E-state index in [4.69, 9.17) is 5.48 Å². The van der Waals surface area contributed by atoms with Crippen molar-refractivity contribution in [1.82, 2.24) is 0 Å². The molecular weight excluding hydrogens is 1240 g/mol. The van der Waals surface area contributed by atoms with Crippen molar-refractivity contribution in [1.29, 1.82) is 0 Å². The van der Waals surface area contributed by atoms with Crippen LogP contribution in [0.4, 0.5) is 51.2 Å². The first-order valence-electron chi connectivity index (χ1n) is 47.2. The summed E-state index contributed by atoms with van der Waals surface area (Å²) in [5, 5.41) is 0. The van der Waals surface area contributed by atoms with Gasteiger partial charge in [-0.1, -0.05) is 356 Å². The van der Waals surface area contributed by atoms with Crippen LogP contribution < -0.4 is 14.7 Å². The number of anilines is 9. The summed E-state index contributed by atoms with van der Waals surface area (Å²) in [6.45, 7) is 12.6. The second kappa shape index (κ2) is 25.4. The third-order valence-corrected chi connectivity index (χ3v) is 19.9. The van der Waals surface area contributed by atoms with Gasteiger partial charge in [-0.2, -0.15) is 0 Å². The zero-order chi connectivity index (χ0) is 92.1. The molecular formula is C100H79N3. The Balaban J connectivity index is 1.14. The largest absolute Gasteiger partial charge is 0.305 e. The van der Waals surface area contributed by atoms with Gasteiger partial charge in [0.25, 0.3) is 0 Å². The summed E-state index contributed by atoms with van der Waals surface area (Å²) in [7, 11) is 0. The minimum Gasteiger partial charge on any atom is -0.305 e. The first-order chi connectivity index (χ1) is 61.2. The molecule has 0 atom stereocenters. The number of fused-ring (bicyclic) bond motifs is 6. The van der Waals surface area contributed by atoms with Crippen LogP contribution in [0.3, 0.4) is 0 Å². The fraction of sp³-hybridized carbons (Fsp3) is 0.100. The van der Waals surface area contributed by atoms with E-state index in [-0.39, 0.29) is 39.8 Å². The van der Waals surface area contributed by atoms with Crippen molar-refractivity contribution in [3.8, 4) is 89.0 Å². The molecule has 3 aliphatic rings. The molecule has 1 aliphatic carbocycles. The molecule has 0 radical (unpaired) electrons. The van der Waals surface area contributed by atoms with Crippen LogP contribution in [-0.2, 0) is 17.3 Å². The summed E-state index contributed by atoms with van der Waals surface area (Å²) in [5.74, 6) is -0.914. The van der Waals surface area contributed by atoms with Crippen molar-refractivity contribution in [2.45, 2.75) is 64.7 Å². The first-order valence-corrected chi connectivity index (χ1v) is 34.2. The molecule has 0 spiro atoms. The van der Waals surface area contributed by atoms with Crippen LogP contribution in [-0.4, -0.2) is 0 Å². The van der Waals surface area contributed by atoms with E-state index in [9.17, 15) is 30.2 Å². The second-order valence-electron chi connectivity index (χ2n) is 28.0. The summed E-state index contributed by atoms with van der Waals surface area (Å²) >= 11 is 0. The van der Waals surface area contributed by atoms with Crippen LogP contribution in [0.25, 0.3) is 89.0 Å². The molecule has 494 valence electrons. The molecule has 0 N–H and O–H groups in total. The number of nitrogens with zero attached hydrogens (tertiary/aromatic N) is 3. The van der Waals surface area contributed by atoms with Gasteiger partial charge < -0.3 is 14.7 Å². The van der Waals surface area contributed by atoms with Gasteiger partial charge in [0, 0.05) is 28.2 Å². The number of hydrogen-bond donors (Lipinski definition) is 0. The number of rotatable bonds is 11. The molecule has 0 saturated heterocycles. The predicted octanol–water partition coefficient (Wildman–Crippen LogP) is 27.7. The summed E-state index contributed by atoms with van der Waals surface area (Å²) < 4.78 is 255. The van der Waals surface area contributed by atoms with Crippen molar-refractivity contribution < 1.29 is 35.6 Å². The highest BCUT2D eigenvalue weighted by atomic mass is 15.3. The monoisotopic (exact) mass is 1350 g/mol. The van der Waals surface area contributed by atoms with Crippen molar-refractivity contribution in [3.63, 3.8) is 0 Å². The zero-order valence-corrected chi connectivity index (χ0v) is 57.1. The fourth-order valence-corrected chi connectivity index (χ4v) is 15.0. The lowest BCUT2D eigenvalue weighted by molar-refractivity contribution is 0.590. The lowest BCUT2D eigenvalue weighted by Gasteiger charge is -2.49. The maximum atomic E-state index is 10.6. The fourth-order valence-electron chi connectivity index (χ4n) is 15.0. The Morgan fingerprint density at radius 2 is 0.612 bits per heavy atom. The molecule has 103 heavy (non-hydrogen) atoms. The molecule has 2 heterocycles. The van der Waals surface area contributed by atoms with Crippen LogP contribution in [0.1, 0.15) is 122 Å². The Labute approximate surface area is 643 Å². The molecule has 0 saturated carbocycles. The SMILES string of the molecule is [2H]c1c([2H])c([2H])c(-c2c([2H])c([2H])c([2H])c(-c3c([2H])c([2H])c([2H])c([2H])c3[2H])c2N2c3ccc(-c4ccc(C(C)(C)C)cc4-c4ccccc4)cc3N3c4cc(-c5ccc(C(C)(C)C)cc5-c5ccccc5)ccc4N(c4c(-c5c([2H])c([2H])c([2H])c([2H])c5[2H])c([2H])c([2H])c([2H])c4-c4c([2H])c([2H])c([2H])c([2H])c4[2H])c4cc(C5c6ccccc6Cc6ccccc65)cc2c43)c([2H])c1[2H]. The van der Waals surface area contributed by atoms with Gasteiger partial charge in [-0.3, -0.25) is 0 Å². The molecule has 0 aromatic heterocycles. The average molecular weight is 1350 g/mol. The highest BCUT2D eigenvalue weighted by Gasteiger charge is 2.44. The van der Waals surface area contributed by atoms with E-state index in [0.717, 1.165) is 55.6 Å². The maximum absolute atomic E-state index is 10.6. The van der Waals surface area contributed by atoms with Gasteiger partial charge in [0.1, 0.15) is 0 Å². The van der Waals surface area contributed by atoms with Gasteiger partial charge in [-0.25, -0.2) is 0 Å². The quantitative estimate of drug-likeness (QED) is 0.128. The van der Waals surface area contributed by atoms with Crippen LogP contribution in [0.5, 0.6) is 0 Å². The van der Waals surface area contributed by atoms with E-state index in [0.29, 0.717) is 34.2 Å². The van der Waals surface area contributed by atoms with Crippen molar-refractivity contribution in [2.24, 2.45) is 0 Å². The Bertz CT molecular complexity index is 6670. The van der Waals surface area contributed by atoms with E-state index in [1.807, 2.05) is 163 Å². The molecule has 15 aromatic carbocycles. The molecule has 2 aliphatic heterocycles. The second-order valence-corrected chi connectivity index (χ2v) is 28.0. The van der Waals surface area contributed by atoms with Crippen LogP contribution in [0.2, 0.25) is 0 Å². The van der Waals surface area contributed by atoms with Gasteiger partial charge in [0.2, 0.25) is 0 Å². The van der Waals surface area contributed by atoms with Crippen LogP contribution in [0.15, 0.2) is 351 Å². The molecule has 15 aromatic rings. The predicted molar refractivity (Wildman–Crippen MR) is 435 cm³/mol. The van der Waals surface area contributed by atoms with Crippen molar-refractivity contribution >= 4 is 51.2 Å². The number of para-hydroxylation sites is 2. The summed E-state index contributed by atoms with van der Waals surface area (Å²) in [4.78, 5) is 4.96. The van der Waals surface area contributed by atoms with Crippen LogP contribution in [0, 0.1) is 0 Å². The highest BCUT2D eigenvalue weighted by molar-refractivity contribution is 6.17. The molecule has 0 unspecified atom stereocenters. The standard InChI is InChI=1S/C100H79N3/c1-99(2,3)77-53-55-79(87(64-77)70-39-21-11-22-40-70)74-51-57-89-91(60-74)103-92-61-75(80-56-54-78(100(4,5)6)65-88(80)71-41-23-12-24-42-71)52-58-90(92)102(97-85(68-35-17-9-18-36-68)49-30-50-86(97)69-37-19-10-20-38-69)94-63-76(95-81-45-27-25-43-72(81)59-73-44-26-28-46-82(73)95)62-93(98(94)103)101(89)96-83(66-31-13-7-14-32-66)47-29-48-84(96)67-33-15-8-16-34-67/h7-58,60-65,95H,59H2,1-6H3/i7D,8D,9D,10D,13D,14D,15D,16D,17D,18D,19D,20D,29D,30D,31D,32D,33D,34D,35D,36D,37D,38D,47D,48D,49D,50D. The van der Waals surface area contributed by atoms with E-state index in [1.54, 1.807) is 24.3 Å². The minimum absolute atomic E-state index is 0.0118. The van der Waals surface area contributed by atoms with Crippen molar-refractivity contribution in [2.75, 3.05) is 14.7 Å². The van der Waals surface area contributed by atoms with E-state index < -0.39 is 230 Å². The lowest BCUT2D eigenvalue weighted by Crippen LogP contribution is -2.31. The van der Waals surface area contributed by atoms with Gasteiger partial charge in [0.15, 0.2) is 0 Å². The number of hydrogen-bond acceptors (Lipinski definition) is 3. The highest BCUT2D eigenvalue weighted by Crippen LogP contribution is 2.68. The molecule has 0 amide bonds. The zero-order valence-electron chi connectivity index (χ0n) is 83.1. The summed E-state index contributed by atoms with van der Waals surface area (Å²) in [5.41, 5.74) is 3.82. The topological polar surface area (TPSA) is 9.72 Å². The molecule has 3 heteroatoms. The Kier molecular flexibility index (Phi) is 10.1. The average Bonchev–Trinajstić information content (AvgIpc) is 0.689. The summed E-state index contributed by atoms with van der Waals surface area (Å²) in [6, 6.07) is 37.8. The minimum atomic E-state index is -0.969. The van der Waals surface area contributed by atoms with Gasteiger partial charge in [0.05, 0.1) is 86.8 Å². The smallest absolute Gasteiger partial charge is 0.0948 e.